The lowest BCUT2D eigenvalue weighted by atomic mass is 10.2. The molecule has 2 rings (SSSR count). The van der Waals surface area contributed by atoms with Crippen LogP contribution in [-0.4, -0.2) is 10.2 Å². The number of hydrogen-bond acceptors (Lipinski definition) is 3. The number of fused-ring (bicyclic) bond motifs is 1. The van der Waals surface area contributed by atoms with Gasteiger partial charge < -0.3 is 0 Å². The van der Waals surface area contributed by atoms with Gasteiger partial charge in [-0.25, -0.2) is 0 Å². The molecule has 1 aromatic heterocycles. The van der Waals surface area contributed by atoms with E-state index < -0.39 is 0 Å². The zero-order valence-corrected chi connectivity index (χ0v) is 6.61. The van der Waals surface area contributed by atoms with Crippen molar-refractivity contribution in [3.8, 4) is 6.07 Å². The number of aromatic nitrogens is 2. The first-order valence-corrected chi connectivity index (χ1v) is 3.70. The molecule has 13 heavy (non-hydrogen) atoms. The van der Waals surface area contributed by atoms with Gasteiger partial charge in [0.2, 0.25) is 11.1 Å². The predicted molar refractivity (Wildman–Crippen MR) is 47.1 cm³/mol. The number of rotatable bonds is 0. The Bertz CT molecular complexity index is 551. The minimum absolute atomic E-state index is 0.0984. The lowest BCUT2D eigenvalue weighted by molar-refractivity contribution is 1.04. The van der Waals surface area contributed by atoms with Crippen molar-refractivity contribution in [2.24, 2.45) is 0 Å². The molecule has 4 nitrogen and oxygen atoms in total. The smallest absolute Gasteiger partial charge is 0.226 e. The van der Waals surface area contributed by atoms with Crippen molar-refractivity contribution in [3.63, 3.8) is 0 Å². The van der Waals surface area contributed by atoms with Crippen LogP contribution in [0.5, 0.6) is 0 Å². The van der Waals surface area contributed by atoms with Crippen LogP contribution in [0.4, 0.5) is 0 Å². The van der Waals surface area contributed by atoms with Crippen LogP contribution < -0.4 is 5.43 Å². The number of hydrogen-bond donors (Lipinski definition) is 1. The summed E-state index contributed by atoms with van der Waals surface area (Å²) < 4.78 is 0. The monoisotopic (exact) mass is 171 g/mol. The topological polar surface area (TPSA) is 69.5 Å². The van der Waals surface area contributed by atoms with Crippen LogP contribution in [0, 0.1) is 11.3 Å². The molecule has 4 heteroatoms. The largest absolute Gasteiger partial charge is 0.286 e. The molecular weight excluding hydrogens is 166 g/mol. The van der Waals surface area contributed by atoms with Gasteiger partial charge in [-0.15, -0.1) is 0 Å². The molecule has 0 saturated carbocycles. The van der Waals surface area contributed by atoms with Gasteiger partial charge in [0, 0.05) is 0 Å². The molecule has 1 heterocycles. The first kappa shape index (κ1) is 7.50. The fourth-order valence-corrected chi connectivity index (χ4v) is 1.15. The molecule has 0 radical (unpaired) electrons. The summed E-state index contributed by atoms with van der Waals surface area (Å²) in [4.78, 5) is 11.5. The number of H-pyrrole nitrogens is 1. The summed E-state index contributed by atoms with van der Waals surface area (Å²) in [6.45, 7) is 0. The van der Waals surface area contributed by atoms with Crippen LogP contribution in [0.25, 0.3) is 10.9 Å². The Hall–Kier alpha value is -2.15. The lowest BCUT2D eigenvalue weighted by Crippen LogP contribution is -2.10. The molecule has 0 atom stereocenters. The number of nitrogens with one attached hydrogen (secondary N) is 1. The van der Waals surface area contributed by atoms with E-state index in [1.54, 1.807) is 30.3 Å². The van der Waals surface area contributed by atoms with E-state index in [1.807, 2.05) is 0 Å². The maximum absolute atomic E-state index is 11.5. The van der Waals surface area contributed by atoms with E-state index in [0.29, 0.717) is 10.9 Å². The molecule has 0 spiro atoms. The van der Waals surface area contributed by atoms with E-state index in [9.17, 15) is 4.79 Å². The van der Waals surface area contributed by atoms with Gasteiger partial charge in [-0.3, -0.25) is 9.89 Å². The minimum atomic E-state index is -0.322. The summed E-state index contributed by atoms with van der Waals surface area (Å²) in [5.41, 5.74) is 0.224. The van der Waals surface area contributed by atoms with Crippen molar-refractivity contribution in [1.29, 1.82) is 5.26 Å². The normalized spacial score (nSPS) is 9.77. The van der Waals surface area contributed by atoms with E-state index in [2.05, 4.69) is 10.2 Å². The third-order valence-electron chi connectivity index (χ3n) is 1.78. The van der Waals surface area contributed by atoms with E-state index in [1.165, 1.54) is 0 Å². The second-order valence-corrected chi connectivity index (χ2v) is 2.56. The second kappa shape index (κ2) is 2.72. The number of para-hydroxylation sites is 1. The number of benzene rings is 1. The van der Waals surface area contributed by atoms with Gasteiger partial charge in [-0.2, -0.15) is 10.4 Å². The first-order valence-electron chi connectivity index (χ1n) is 3.70. The van der Waals surface area contributed by atoms with Crippen LogP contribution >= 0.6 is 0 Å². The zero-order chi connectivity index (χ0) is 9.26. The van der Waals surface area contributed by atoms with Crippen LogP contribution in [0.3, 0.4) is 0 Å². The summed E-state index contributed by atoms with van der Waals surface area (Å²) >= 11 is 0. The Balaban J connectivity index is 2.98. The van der Waals surface area contributed by atoms with Crippen LogP contribution in [0.1, 0.15) is 5.69 Å². The van der Waals surface area contributed by atoms with E-state index >= 15 is 0 Å². The molecule has 0 saturated heterocycles. The molecule has 0 aliphatic rings. The number of aromatic amines is 1. The molecule has 0 aliphatic carbocycles. The first-order chi connectivity index (χ1) is 6.33. The molecular formula is C9H5N3O. The Morgan fingerprint density at radius 2 is 2.15 bits per heavy atom. The fourth-order valence-electron chi connectivity index (χ4n) is 1.15. The average molecular weight is 171 g/mol. The maximum Gasteiger partial charge on any atom is 0.226 e. The highest BCUT2D eigenvalue weighted by Gasteiger charge is 2.03. The highest BCUT2D eigenvalue weighted by Crippen LogP contribution is 2.04. The van der Waals surface area contributed by atoms with Gasteiger partial charge in [0.05, 0.1) is 10.9 Å². The summed E-state index contributed by atoms with van der Waals surface area (Å²) in [5.74, 6) is 0. The van der Waals surface area contributed by atoms with Gasteiger partial charge in [0.15, 0.2) is 0 Å². The van der Waals surface area contributed by atoms with Crippen molar-refractivity contribution in [3.05, 3.63) is 40.2 Å². The van der Waals surface area contributed by atoms with Crippen LogP contribution in [0.2, 0.25) is 0 Å². The molecule has 0 bridgehead atoms. The van der Waals surface area contributed by atoms with E-state index in [-0.39, 0.29) is 11.1 Å². The quantitative estimate of drug-likeness (QED) is 0.637. The average Bonchev–Trinajstić information content (AvgIpc) is 2.19. The van der Waals surface area contributed by atoms with E-state index in [4.69, 9.17) is 5.26 Å². The molecule has 0 amide bonds. The third kappa shape index (κ3) is 1.07. The Kier molecular flexibility index (Phi) is 1.57. The predicted octanol–water partition coefficient (Wildman–Crippen LogP) is 0.795. The van der Waals surface area contributed by atoms with Crippen LogP contribution in [-0.2, 0) is 0 Å². The highest BCUT2D eigenvalue weighted by atomic mass is 16.1. The molecule has 0 aliphatic heterocycles. The lowest BCUT2D eigenvalue weighted by Gasteiger charge is -1.94. The Labute approximate surface area is 73.4 Å². The van der Waals surface area contributed by atoms with Crippen LogP contribution in [0.15, 0.2) is 29.1 Å². The fraction of sp³-hybridized carbons (Fsp3) is 0. The van der Waals surface area contributed by atoms with Gasteiger partial charge >= 0.3 is 0 Å². The summed E-state index contributed by atoms with van der Waals surface area (Å²) in [6, 6.07) is 8.68. The Morgan fingerprint density at radius 1 is 1.38 bits per heavy atom. The molecule has 0 fully saturated rings. The van der Waals surface area contributed by atoms with Crippen molar-refractivity contribution < 1.29 is 0 Å². The molecule has 62 valence electrons. The summed E-state index contributed by atoms with van der Waals surface area (Å²) in [5, 5.41) is 15.3. The maximum atomic E-state index is 11.5. The van der Waals surface area contributed by atoms with Crippen molar-refractivity contribution in [2.45, 2.75) is 0 Å². The standard InChI is InChI=1S/C9H5N3O/c10-5-8-9(13)6-3-1-2-4-7(6)11-12-8/h1-4H,(H,11,13). The van der Waals surface area contributed by atoms with Gasteiger partial charge in [-0.05, 0) is 12.1 Å². The summed E-state index contributed by atoms with van der Waals surface area (Å²) in [7, 11) is 0. The molecule has 2 aromatic rings. The third-order valence-corrected chi connectivity index (χ3v) is 1.78. The second-order valence-electron chi connectivity index (χ2n) is 2.56. The van der Waals surface area contributed by atoms with Gasteiger partial charge in [-0.1, -0.05) is 12.1 Å². The minimum Gasteiger partial charge on any atom is -0.286 e. The molecule has 0 unspecified atom stereocenters. The highest BCUT2D eigenvalue weighted by molar-refractivity contribution is 5.78. The molecule has 1 N–H and O–H groups in total. The SMILES string of the molecule is N#Cc1n[nH]c2ccccc2c1=O. The number of nitrogens with zero attached hydrogens (tertiary/aromatic N) is 2. The van der Waals surface area contributed by atoms with Crippen molar-refractivity contribution in [2.75, 3.05) is 0 Å². The Morgan fingerprint density at radius 3 is 2.92 bits per heavy atom. The summed E-state index contributed by atoms with van der Waals surface area (Å²) in [6.07, 6.45) is 0. The zero-order valence-electron chi connectivity index (χ0n) is 6.61. The molecule has 1 aromatic carbocycles. The van der Waals surface area contributed by atoms with E-state index in [0.717, 1.165) is 0 Å². The van der Waals surface area contributed by atoms with Crippen molar-refractivity contribution >= 4 is 10.9 Å². The number of nitriles is 1. The van der Waals surface area contributed by atoms with Gasteiger partial charge in [0.25, 0.3) is 0 Å². The van der Waals surface area contributed by atoms with Gasteiger partial charge in [0.1, 0.15) is 6.07 Å². The van der Waals surface area contributed by atoms with Crippen molar-refractivity contribution in [1.82, 2.24) is 10.2 Å².